The Kier molecular flexibility index (Phi) is 2.30. The van der Waals surface area contributed by atoms with Gasteiger partial charge in [0.05, 0.1) is 5.41 Å². The highest BCUT2D eigenvalue weighted by atomic mass is 79.9. The van der Waals surface area contributed by atoms with Gasteiger partial charge in [-0.2, -0.15) is 0 Å². The molecule has 0 N–H and O–H groups in total. The summed E-state index contributed by atoms with van der Waals surface area (Å²) in [6.45, 7) is 0. The van der Waals surface area contributed by atoms with Gasteiger partial charge < -0.3 is 0 Å². The predicted octanol–water partition coefficient (Wildman–Crippen LogP) is 3.57. The molecular formula is C15H12BrN3. The Balaban J connectivity index is 1.93. The van der Waals surface area contributed by atoms with Crippen LogP contribution in [0.15, 0.2) is 53.1 Å². The van der Waals surface area contributed by atoms with Crippen LogP contribution in [0.25, 0.3) is 5.65 Å². The molecule has 0 atom stereocenters. The van der Waals surface area contributed by atoms with E-state index in [1.807, 2.05) is 18.3 Å². The Labute approximate surface area is 119 Å². The number of rotatable bonds is 2. The smallest absolute Gasteiger partial charge is 0.160 e. The van der Waals surface area contributed by atoms with E-state index in [4.69, 9.17) is 0 Å². The topological polar surface area (TPSA) is 30.2 Å². The first kappa shape index (κ1) is 11.2. The number of pyridine rings is 1. The van der Waals surface area contributed by atoms with E-state index in [0.29, 0.717) is 0 Å². The molecule has 1 aliphatic carbocycles. The Morgan fingerprint density at radius 2 is 1.79 bits per heavy atom. The maximum absolute atomic E-state index is 4.44. The molecule has 4 rings (SSSR count). The van der Waals surface area contributed by atoms with Crippen molar-refractivity contribution in [2.45, 2.75) is 18.3 Å². The zero-order chi connectivity index (χ0) is 12.9. The minimum atomic E-state index is 0.0570. The van der Waals surface area contributed by atoms with E-state index in [-0.39, 0.29) is 5.41 Å². The molecule has 1 fully saturated rings. The summed E-state index contributed by atoms with van der Waals surface area (Å²) in [7, 11) is 0. The molecule has 0 unspecified atom stereocenters. The van der Waals surface area contributed by atoms with Crippen molar-refractivity contribution < 1.29 is 0 Å². The number of hydrogen-bond acceptors (Lipinski definition) is 2. The van der Waals surface area contributed by atoms with E-state index in [2.05, 4.69) is 60.9 Å². The molecule has 0 bridgehead atoms. The zero-order valence-electron chi connectivity index (χ0n) is 10.3. The fraction of sp³-hybridized carbons (Fsp3) is 0.200. The molecule has 4 heteroatoms. The summed E-state index contributed by atoms with van der Waals surface area (Å²) in [6, 6.07) is 14.6. The molecule has 94 valence electrons. The first-order chi connectivity index (χ1) is 9.29. The van der Waals surface area contributed by atoms with Gasteiger partial charge in [-0.25, -0.2) is 0 Å². The Bertz CT molecular complexity index is 744. The van der Waals surface area contributed by atoms with Gasteiger partial charge in [-0.1, -0.05) is 30.3 Å². The van der Waals surface area contributed by atoms with Crippen molar-refractivity contribution in [2.24, 2.45) is 0 Å². The standard InChI is InChI=1S/C15H12BrN3/c16-12-6-7-13-17-18-14(19(13)10-12)15(8-9-15)11-4-2-1-3-5-11/h1-7,10H,8-9H2. The SMILES string of the molecule is Brc1ccc2nnc(C3(c4ccccc4)CC3)n2c1. The average Bonchev–Trinajstić information content (AvgIpc) is 3.15. The number of fused-ring (bicyclic) bond motifs is 1. The van der Waals surface area contributed by atoms with Crippen LogP contribution in [-0.4, -0.2) is 14.6 Å². The lowest BCUT2D eigenvalue weighted by Gasteiger charge is -2.13. The first-order valence-corrected chi connectivity index (χ1v) is 7.15. The van der Waals surface area contributed by atoms with Crippen LogP contribution < -0.4 is 0 Å². The molecule has 3 nitrogen and oxygen atoms in total. The van der Waals surface area contributed by atoms with Crippen LogP contribution in [0.4, 0.5) is 0 Å². The Hall–Kier alpha value is -1.68. The number of nitrogens with zero attached hydrogens (tertiary/aromatic N) is 3. The van der Waals surface area contributed by atoms with Crippen molar-refractivity contribution in [2.75, 3.05) is 0 Å². The molecule has 3 aromatic rings. The second-order valence-corrected chi connectivity index (χ2v) is 5.96. The Morgan fingerprint density at radius 3 is 2.53 bits per heavy atom. The predicted molar refractivity (Wildman–Crippen MR) is 77.1 cm³/mol. The van der Waals surface area contributed by atoms with E-state index in [9.17, 15) is 0 Å². The lowest BCUT2D eigenvalue weighted by molar-refractivity contribution is 0.739. The molecule has 1 aromatic carbocycles. The molecule has 2 aromatic heterocycles. The summed E-state index contributed by atoms with van der Waals surface area (Å²) in [6.07, 6.45) is 4.34. The third kappa shape index (κ3) is 1.63. The Morgan fingerprint density at radius 1 is 1.00 bits per heavy atom. The second-order valence-electron chi connectivity index (χ2n) is 5.05. The van der Waals surface area contributed by atoms with Crippen molar-refractivity contribution in [1.82, 2.24) is 14.6 Å². The van der Waals surface area contributed by atoms with Gasteiger partial charge in [-0.05, 0) is 46.5 Å². The van der Waals surface area contributed by atoms with Crippen molar-refractivity contribution in [3.8, 4) is 0 Å². The number of halogens is 1. The molecule has 2 heterocycles. The summed E-state index contributed by atoms with van der Waals surface area (Å²) in [5, 5.41) is 8.72. The van der Waals surface area contributed by atoms with Gasteiger partial charge in [0.1, 0.15) is 5.82 Å². The van der Waals surface area contributed by atoms with E-state index >= 15 is 0 Å². The van der Waals surface area contributed by atoms with Gasteiger partial charge in [0.2, 0.25) is 0 Å². The van der Waals surface area contributed by atoms with Gasteiger partial charge in [0.25, 0.3) is 0 Å². The van der Waals surface area contributed by atoms with Gasteiger partial charge in [0, 0.05) is 10.7 Å². The molecule has 0 radical (unpaired) electrons. The minimum absolute atomic E-state index is 0.0570. The molecular weight excluding hydrogens is 302 g/mol. The lowest BCUT2D eigenvalue weighted by atomic mass is 9.95. The molecule has 0 spiro atoms. The van der Waals surface area contributed by atoms with Crippen LogP contribution in [0.5, 0.6) is 0 Å². The van der Waals surface area contributed by atoms with Gasteiger partial charge >= 0.3 is 0 Å². The molecule has 0 saturated heterocycles. The van der Waals surface area contributed by atoms with Gasteiger partial charge in [0.15, 0.2) is 5.65 Å². The van der Waals surface area contributed by atoms with E-state index in [0.717, 1.165) is 28.8 Å². The summed E-state index contributed by atoms with van der Waals surface area (Å²) in [4.78, 5) is 0. The maximum atomic E-state index is 4.44. The van der Waals surface area contributed by atoms with Gasteiger partial charge in [-0.15, -0.1) is 10.2 Å². The monoisotopic (exact) mass is 313 g/mol. The van der Waals surface area contributed by atoms with Crippen LogP contribution in [0.3, 0.4) is 0 Å². The van der Waals surface area contributed by atoms with E-state index in [1.54, 1.807) is 0 Å². The highest BCUT2D eigenvalue weighted by molar-refractivity contribution is 9.10. The molecule has 19 heavy (non-hydrogen) atoms. The third-order valence-corrected chi connectivity index (χ3v) is 4.34. The van der Waals surface area contributed by atoms with Crippen LogP contribution in [0, 0.1) is 0 Å². The largest absolute Gasteiger partial charge is 0.285 e. The van der Waals surface area contributed by atoms with Crippen molar-refractivity contribution in [3.05, 3.63) is 64.5 Å². The van der Waals surface area contributed by atoms with Crippen LogP contribution in [-0.2, 0) is 5.41 Å². The number of hydrogen-bond donors (Lipinski definition) is 0. The maximum Gasteiger partial charge on any atom is 0.160 e. The summed E-state index contributed by atoms with van der Waals surface area (Å²) in [5.41, 5.74) is 2.30. The van der Waals surface area contributed by atoms with Gasteiger partial charge in [-0.3, -0.25) is 4.40 Å². The van der Waals surface area contributed by atoms with Crippen LogP contribution >= 0.6 is 15.9 Å². The lowest BCUT2D eigenvalue weighted by Crippen LogP contribution is -2.13. The molecule has 1 saturated carbocycles. The number of aromatic nitrogens is 3. The van der Waals surface area contributed by atoms with Crippen LogP contribution in [0.2, 0.25) is 0 Å². The highest BCUT2D eigenvalue weighted by Gasteiger charge is 2.49. The first-order valence-electron chi connectivity index (χ1n) is 6.36. The number of benzene rings is 1. The fourth-order valence-electron chi connectivity index (χ4n) is 2.71. The quantitative estimate of drug-likeness (QED) is 0.724. The average molecular weight is 314 g/mol. The minimum Gasteiger partial charge on any atom is -0.285 e. The van der Waals surface area contributed by atoms with Crippen molar-refractivity contribution >= 4 is 21.6 Å². The zero-order valence-corrected chi connectivity index (χ0v) is 11.8. The molecule has 0 amide bonds. The third-order valence-electron chi connectivity index (χ3n) is 3.87. The van der Waals surface area contributed by atoms with E-state index in [1.165, 1.54) is 5.56 Å². The summed E-state index contributed by atoms with van der Waals surface area (Å²) in [5.74, 6) is 1.05. The summed E-state index contributed by atoms with van der Waals surface area (Å²) < 4.78 is 3.15. The van der Waals surface area contributed by atoms with Crippen molar-refractivity contribution in [3.63, 3.8) is 0 Å². The summed E-state index contributed by atoms with van der Waals surface area (Å²) >= 11 is 3.52. The second kappa shape index (κ2) is 3.90. The highest BCUT2D eigenvalue weighted by Crippen LogP contribution is 2.52. The van der Waals surface area contributed by atoms with E-state index < -0.39 is 0 Å². The van der Waals surface area contributed by atoms with Crippen molar-refractivity contribution in [1.29, 1.82) is 0 Å². The molecule has 1 aliphatic rings. The van der Waals surface area contributed by atoms with Crippen LogP contribution in [0.1, 0.15) is 24.2 Å². The normalized spacial score (nSPS) is 16.7. The fourth-order valence-corrected chi connectivity index (χ4v) is 3.05. The molecule has 0 aliphatic heterocycles.